The number of likely N-dealkylation sites (N-methyl/N-ethyl adjacent to an activating group) is 1. The molecule has 7 heteroatoms. The lowest BCUT2D eigenvalue weighted by atomic mass is 10.1. The van der Waals surface area contributed by atoms with Gasteiger partial charge in [0.05, 0.1) is 6.10 Å². The van der Waals surface area contributed by atoms with Crippen molar-refractivity contribution in [3.8, 4) is 0 Å². The van der Waals surface area contributed by atoms with Gasteiger partial charge in [-0.2, -0.15) is 17.0 Å². The van der Waals surface area contributed by atoms with E-state index in [4.69, 9.17) is 4.74 Å². The molecule has 6 nitrogen and oxygen atoms in total. The van der Waals surface area contributed by atoms with Crippen LogP contribution in [0.25, 0.3) is 0 Å². The highest BCUT2D eigenvalue weighted by molar-refractivity contribution is 7.86. The van der Waals surface area contributed by atoms with Crippen LogP contribution in [-0.2, 0) is 14.9 Å². The summed E-state index contributed by atoms with van der Waals surface area (Å²) in [7, 11) is -3.37. The summed E-state index contributed by atoms with van der Waals surface area (Å²) in [6, 6.07) is 0.0863. The first-order chi connectivity index (χ1) is 10.1. The van der Waals surface area contributed by atoms with Gasteiger partial charge >= 0.3 is 0 Å². The van der Waals surface area contributed by atoms with Crippen molar-refractivity contribution < 1.29 is 13.2 Å². The molecule has 0 bridgehead atoms. The van der Waals surface area contributed by atoms with Crippen molar-refractivity contribution in [2.75, 3.05) is 39.3 Å². The summed E-state index contributed by atoms with van der Waals surface area (Å²) in [5.41, 5.74) is 0. The minimum atomic E-state index is -3.37. The molecule has 2 unspecified atom stereocenters. The Morgan fingerprint density at radius 1 is 1.24 bits per heavy atom. The highest BCUT2D eigenvalue weighted by Gasteiger charge is 2.37. The van der Waals surface area contributed by atoms with E-state index >= 15 is 0 Å². The van der Waals surface area contributed by atoms with Gasteiger partial charge in [0, 0.05) is 38.8 Å². The van der Waals surface area contributed by atoms with Gasteiger partial charge in [-0.3, -0.25) is 0 Å². The third kappa shape index (κ3) is 4.39. The summed E-state index contributed by atoms with van der Waals surface area (Å²) in [5, 5.41) is 3.29. The molecule has 2 saturated heterocycles. The first-order valence-corrected chi connectivity index (χ1v) is 9.54. The maximum atomic E-state index is 13.0. The molecule has 0 amide bonds. The lowest BCUT2D eigenvalue weighted by Crippen LogP contribution is -2.54. The maximum absolute atomic E-state index is 13.0. The van der Waals surface area contributed by atoms with Crippen LogP contribution in [-0.4, -0.2) is 68.5 Å². The zero-order valence-corrected chi connectivity index (χ0v) is 14.1. The van der Waals surface area contributed by atoms with Crippen LogP contribution in [0, 0.1) is 0 Å². The van der Waals surface area contributed by atoms with Gasteiger partial charge in [-0.1, -0.05) is 13.3 Å². The molecule has 0 saturated carbocycles. The molecule has 2 aliphatic rings. The molecule has 2 atom stereocenters. The van der Waals surface area contributed by atoms with Gasteiger partial charge in [0.25, 0.3) is 10.2 Å². The van der Waals surface area contributed by atoms with Gasteiger partial charge in [0.1, 0.15) is 0 Å². The standard InChI is InChI=1S/C14H29N3O3S/c1-3-15-11-14-7-4-5-9-17(14)21(18,19)16-8-6-10-20-13(2)12-16/h13-15H,3-12H2,1-2H3. The summed E-state index contributed by atoms with van der Waals surface area (Å²) in [6.07, 6.45) is 3.77. The van der Waals surface area contributed by atoms with E-state index in [1.807, 2.05) is 6.92 Å². The summed E-state index contributed by atoms with van der Waals surface area (Å²) >= 11 is 0. The first kappa shape index (κ1) is 17.1. The summed E-state index contributed by atoms with van der Waals surface area (Å²) in [6.45, 7) is 7.94. The Balaban J connectivity index is 2.10. The third-order valence-corrected chi connectivity index (χ3v) is 6.30. The van der Waals surface area contributed by atoms with E-state index in [0.29, 0.717) is 26.2 Å². The Morgan fingerprint density at radius 2 is 2.05 bits per heavy atom. The molecule has 0 spiro atoms. The van der Waals surface area contributed by atoms with Crippen LogP contribution in [0.4, 0.5) is 0 Å². The number of piperidine rings is 1. The Labute approximate surface area is 129 Å². The minimum Gasteiger partial charge on any atom is -0.377 e. The summed E-state index contributed by atoms with van der Waals surface area (Å²) in [5.74, 6) is 0. The van der Waals surface area contributed by atoms with E-state index in [1.165, 1.54) is 0 Å². The van der Waals surface area contributed by atoms with Crippen LogP contribution in [0.5, 0.6) is 0 Å². The Kier molecular flexibility index (Phi) is 6.43. The van der Waals surface area contributed by atoms with Crippen molar-refractivity contribution in [1.29, 1.82) is 0 Å². The van der Waals surface area contributed by atoms with Crippen LogP contribution in [0.3, 0.4) is 0 Å². The topological polar surface area (TPSA) is 61.9 Å². The molecule has 0 aromatic carbocycles. The van der Waals surface area contributed by atoms with Crippen LogP contribution >= 0.6 is 0 Å². The number of nitrogens with one attached hydrogen (secondary N) is 1. The van der Waals surface area contributed by atoms with Gasteiger partial charge in [-0.25, -0.2) is 0 Å². The van der Waals surface area contributed by atoms with E-state index in [-0.39, 0.29) is 12.1 Å². The lowest BCUT2D eigenvalue weighted by Gasteiger charge is -2.38. The molecule has 2 rings (SSSR count). The maximum Gasteiger partial charge on any atom is 0.282 e. The fourth-order valence-electron chi connectivity index (χ4n) is 3.11. The minimum absolute atomic E-state index is 0.0284. The number of rotatable bonds is 5. The van der Waals surface area contributed by atoms with Gasteiger partial charge in [0.2, 0.25) is 0 Å². The number of ether oxygens (including phenoxy) is 1. The second-order valence-corrected chi connectivity index (χ2v) is 7.85. The smallest absolute Gasteiger partial charge is 0.282 e. The van der Waals surface area contributed by atoms with Crippen molar-refractivity contribution in [1.82, 2.24) is 13.9 Å². The van der Waals surface area contributed by atoms with Crippen molar-refractivity contribution in [2.24, 2.45) is 0 Å². The largest absolute Gasteiger partial charge is 0.377 e. The molecule has 21 heavy (non-hydrogen) atoms. The third-order valence-electron chi connectivity index (χ3n) is 4.24. The quantitative estimate of drug-likeness (QED) is 0.814. The highest BCUT2D eigenvalue weighted by Crippen LogP contribution is 2.23. The molecule has 2 fully saturated rings. The molecular formula is C14H29N3O3S. The van der Waals surface area contributed by atoms with Gasteiger partial charge < -0.3 is 10.1 Å². The molecule has 1 N–H and O–H groups in total. The second-order valence-electron chi connectivity index (χ2n) is 5.97. The normalized spacial score (nSPS) is 30.2. The average molecular weight is 319 g/mol. The van der Waals surface area contributed by atoms with Gasteiger partial charge in [-0.05, 0) is 32.7 Å². The van der Waals surface area contributed by atoms with E-state index in [9.17, 15) is 8.42 Å². The summed E-state index contributed by atoms with van der Waals surface area (Å²) in [4.78, 5) is 0. The Morgan fingerprint density at radius 3 is 2.81 bits per heavy atom. The molecular weight excluding hydrogens is 290 g/mol. The van der Waals surface area contributed by atoms with Crippen LogP contribution in [0.15, 0.2) is 0 Å². The summed E-state index contributed by atoms with van der Waals surface area (Å²) < 4.78 is 34.9. The van der Waals surface area contributed by atoms with E-state index in [0.717, 1.165) is 38.8 Å². The molecule has 2 heterocycles. The fourth-order valence-corrected chi connectivity index (χ4v) is 5.08. The van der Waals surface area contributed by atoms with Crippen molar-refractivity contribution in [3.63, 3.8) is 0 Å². The lowest BCUT2D eigenvalue weighted by molar-refractivity contribution is 0.0743. The van der Waals surface area contributed by atoms with Crippen LogP contribution in [0.2, 0.25) is 0 Å². The number of hydrogen-bond acceptors (Lipinski definition) is 4. The predicted molar refractivity (Wildman–Crippen MR) is 83.4 cm³/mol. The Bertz CT molecular complexity index is 416. The monoisotopic (exact) mass is 319 g/mol. The van der Waals surface area contributed by atoms with Gasteiger partial charge in [-0.15, -0.1) is 0 Å². The zero-order valence-electron chi connectivity index (χ0n) is 13.3. The highest BCUT2D eigenvalue weighted by atomic mass is 32.2. The van der Waals surface area contributed by atoms with Gasteiger partial charge in [0.15, 0.2) is 0 Å². The SMILES string of the molecule is CCNCC1CCCCN1S(=O)(=O)N1CCCOC(C)C1. The number of hydrogen-bond donors (Lipinski definition) is 1. The molecule has 0 aliphatic carbocycles. The van der Waals surface area contributed by atoms with E-state index < -0.39 is 10.2 Å². The van der Waals surface area contributed by atoms with Crippen molar-refractivity contribution in [2.45, 2.75) is 51.7 Å². The number of nitrogens with zero attached hydrogens (tertiary/aromatic N) is 2. The molecule has 0 aromatic rings. The molecule has 2 aliphatic heterocycles. The van der Waals surface area contributed by atoms with Crippen LogP contribution in [0.1, 0.15) is 39.5 Å². The second kappa shape index (κ2) is 7.87. The van der Waals surface area contributed by atoms with E-state index in [1.54, 1.807) is 8.61 Å². The average Bonchev–Trinajstić information content (AvgIpc) is 2.70. The predicted octanol–water partition coefficient (Wildman–Crippen LogP) is 0.806. The van der Waals surface area contributed by atoms with E-state index in [2.05, 4.69) is 12.2 Å². The molecule has 0 radical (unpaired) electrons. The van der Waals surface area contributed by atoms with Crippen molar-refractivity contribution in [3.05, 3.63) is 0 Å². The Hall–Kier alpha value is -0.210. The van der Waals surface area contributed by atoms with Crippen molar-refractivity contribution >= 4 is 10.2 Å². The zero-order chi connectivity index (χ0) is 15.3. The molecule has 124 valence electrons. The van der Waals surface area contributed by atoms with Crippen LogP contribution < -0.4 is 5.32 Å². The molecule has 0 aromatic heterocycles. The fraction of sp³-hybridized carbons (Fsp3) is 1.00. The first-order valence-electron chi connectivity index (χ1n) is 8.15.